The highest BCUT2D eigenvalue weighted by atomic mass is 127. The van der Waals surface area contributed by atoms with Gasteiger partial charge in [0.1, 0.15) is 3.70 Å². The summed E-state index contributed by atoms with van der Waals surface area (Å²) < 4.78 is 0.847. The van der Waals surface area contributed by atoms with Gasteiger partial charge in [-0.1, -0.05) is 0 Å². The average Bonchev–Trinajstić information content (AvgIpc) is 1.68. The van der Waals surface area contributed by atoms with E-state index in [9.17, 15) is 0 Å². The van der Waals surface area contributed by atoms with Crippen molar-refractivity contribution in [2.75, 3.05) is 0 Å². The second kappa shape index (κ2) is 4.96. The molecule has 0 spiro atoms. The van der Waals surface area contributed by atoms with E-state index < -0.39 is 0 Å². The van der Waals surface area contributed by atoms with Gasteiger partial charge in [-0.2, -0.15) is 0 Å². The monoisotopic (exact) mass is 222 g/mol. The molecule has 0 radical (unpaired) electrons. The summed E-state index contributed by atoms with van der Waals surface area (Å²) in [5, 5.41) is 0. The Bertz CT molecular complexity index is 126. The minimum atomic E-state index is 0.847. The molecule has 3 heteroatoms. The molecule has 44 valence electrons. The van der Waals surface area contributed by atoms with Crippen LogP contribution in [0.15, 0.2) is 19.9 Å². The number of halogens is 1. The second-order valence-electron chi connectivity index (χ2n) is 1.02. The van der Waals surface area contributed by atoms with Crippen LogP contribution in [0.1, 0.15) is 6.92 Å². The topological polar surface area (TPSA) is 24.7 Å². The maximum Gasteiger partial charge on any atom is 0.119 e. The highest BCUT2D eigenvalue weighted by Gasteiger charge is 1.76. The van der Waals surface area contributed by atoms with Crippen LogP contribution >= 0.6 is 22.6 Å². The lowest BCUT2D eigenvalue weighted by Gasteiger charge is -1.80. The van der Waals surface area contributed by atoms with Crippen molar-refractivity contribution < 1.29 is 0 Å². The Morgan fingerprint density at radius 2 is 2.38 bits per heavy atom. The molecule has 0 aromatic carbocycles. The maximum absolute atomic E-state index is 3.90. The highest BCUT2D eigenvalue weighted by molar-refractivity contribution is 14.1. The molecule has 0 aliphatic heterocycles. The van der Waals surface area contributed by atoms with Crippen LogP contribution in [0.2, 0.25) is 0 Å². The van der Waals surface area contributed by atoms with E-state index >= 15 is 0 Å². The standard InChI is InChI=1S/C5H7IN2/c1-3-8-5(6)4-7-2/h3-4H,2H2,1H3/b5-4-,8-3-. The summed E-state index contributed by atoms with van der Waals surface area (Å²) in [5.41, 5.74) is 0. The smallest absolute Gasteiger partial charge is 0.119 e. The maximum atomic E-state index is 3.90. The molecule has 0 aromatic rings. The summed E-state index contributed by atoms with van der Waals surface area (Å²) in [6.07, 6.45) is 3.31. The van der Waals surface area contributed by atoms with Gasteiger partial charge in [0.2, 0.25) is 0 Å². The van der Waals surface area contributed by atoms with Crippen LogP contribution in [0.25, 0.3) is 0 Å². The van der Waals surface area contributed by atoms with Crippen LogP contribution in [0.4, 0.5) is 0 Å². The molecular formula is C5H7IN2. The van der Waals surface area contributed by atoms with E-state index in [-0.39, 0.29) is 0 Å². The van der Waals surface area contributed by atoms with Crippen molar-refractivity contribution in [3.8, 4) is 0 Å². The van der Waals surface area contributed by atoms with Crippen LogP contribution in [-0.4, -0.2) is 12.9 Å². The molecule has 0 heterocycles. The minimum Gasteiger partial charge on any atom is -0.270 e. The van der Waals surface area contributed by atoms with Gasteiger partial charge in [-0.3, -0.25) is 9.98 Å². The van der Waals surface area contributed by atoms with Crippen molar-refractivity contribution in [2.24, 2.45) is 9.98 Å². The van der Waals surface area contributed by atoms with Crippen LogP contribution in [0.3, 0.4) is 0 Å². The molecule has 0 amide bonds. The van der Waals surface area contributed by atoms with Crippen molar-refractivity contribution in [1.29, 1.82) is 0 Å². The molecule has 0 fully saturated rings. The van der Waals surface area contributed by atoms with Gasteiger partial charge >= 0.3 is 0 Å². The Balaban J connectivity index is 3.79. The molecule has 0 N–H and O–H groups in total. The molecular weight excluding hydrogens is 215 g/mol. The van der Waals surface area contributed by atoms with Crippen LogP contribution in [0, 0.1) is 0 Å². The van der Waals surface area contributed by atoms with E-state index in [0.717, 1.165) is 3.70 Å². The lowest BCUT2D eigenvalue weighted by Crippen LogP contribution is -1.61. The Morgan fingerprint density at radius 1 is 1.75 bits per heavy atom. The largest absolute Gasteiger partial charge is 0.270 e. The zero-order valence-corrected chi connectivity index (χ0v) is 6.79. The second-order valence-corrected chi connectivity index (χ2v) is 2.13. The molecule has 8 heavy (non-hydrogen) atoms. The SMILES string of the molecule is C=N/C=C(I)\N=C/C. The van der Waals surface area contributed by atoms with E-state index in [1.165, 1.54) is 0 Å². The van der Waals surface area contributed by atoms with Gasteiger partial charge in [-0.15, -0.1) is 0 Å². The Kier molecular flexibility index (Phi) is 4.84. The van der Waals surface area contributed by atoms with E-state index in [2.05, 4.69) is 39.3 Å². The van der Waals surface area contributed by atoms with E-state index in [0.29, 0.717) is 0 Å². The molecule has 0 saturated heterocycles. The lowest BCUT2D eigenvalue weighted by molar-refractivity contribution is 1.48. The zero-order valence-electron chi connectivity index (χ0n) is 4.63. The minimum absolute atomic E-state index is 0.847. The van der Waals surface area contributed by atoms with Gasteiger partial charge in [0.15, 0.2) is 0 Å². The van der Waals surface area contributed by atoms with Gasteiger partial charge in [-0.25, -0.2) is 0 Å². The molecule has 0 unspecified atom stereocenters. The molecule has 0 aliphatic rings. The molecule has 2 nitrogen and oxygen atoms in total. The summed E-state index contributed by atoms with van der Waals surface area (Å²) in [6, 6.07) is 0. The first-order valence-electron chi connectivity index (χ1n) is 2.11. The number of aliphatic imine (C=N–C) groups is 2. The number of nitrogens with zero attached hydrogens (tertiary/aromatic N) is 2. The normalized spacial score (nSPS) is 12.5. The van der Waals surface area contributed by atoms with Gasteiger partial charge in [-0.05, 0) is 36.2 Å². The van der Waals surface area contributed by atoms with Crippen molar-refractivity contribution >= 4 is 35.5 Å². The Morgan fingerprint density at radius 3 is 2.75 bits per heavy atom. The summed E-state index contributed by atoms with van der Waals surface area (Å²) in [4.78, 5) is 7.42. The first-order valence-corrected chi connectivity index (χ1v) is 3.19. The lowest BCUT2D eigenvalue weighted by atomic mass is 10.8. The summed E-state index contributed by atoms with van der Waals surface area (Å²) in [5.74, 6) is 0. The molecule has 0 rings (SSSR count). The van der Waals surface area contributed by atoms with Gasteiger partial charge in [0.25, 0.3) is 0 Å². The molecule has 0 aliphatic carbocycles. The number of hydrogen-bond acceptors (Lipinski definition) is 2. The van der Waals surface area contributed by atoms with Crippen molar-refractivity contribution in [3.05, 3.63) is 9.90 Å². The summed E-state index contributed by atoms with van der Waals surface area (Å²) in [6.45, 7) is 5.13. The fraction of sp³-hybridized carbons (Fsp3) is 0.200. The summed E-state index contributed by atoms with van der Waals surface area (Å²) in [7, 11) is 0. The van der Waals surface area contributed by atoms with Crippen LogP contribution < -0.4 is 0 Å². The predicted octanol–water partition coefficient (Wildman–Crippen LogP) is 2.01. The third-order valence-corrected chi connectivity index (χ3v) is 1.01. The first-order chi connectivity index (χ1) is 3.81. The number of hydrogen-bond donors (Lipinski definition) is 0. The quantitative estimate of drug-likeness (QED) is 0.388. The highest BCUT2D eigenvalue weighted by Crippen LogP contribution is 2.05. The van der Waals surface area contributed by atoms with E-state index in [1.807, 2.05) is 6.92 Å². The first kappa shape index (κ1) is 7.81. The third-order valence-electron chi connectivity index (χ3n) is 0.450. The predicted molar refractivity (Wildman–Crippen MR) is 45.8 cm³/mol. The molecule has 0 atom stereocenters. The van der Waals surface area contributed by atoms with E-state index in [1.54, 1.807) is 12.4 Å². The zero-order chi connectivity index (χ0) is 6.41. The molecule has 0 bridgehead atoms. The number of rotatable bonds is 2. The fourth-order valence-corrected chi connectivity index (χ4v) is 0.707. The van der Waals surface area contributed by atoms with Crippen LogP contribution in [0.5, 0.6) is 0 Å². The van der Waals surface area contributed by atoms with Crippen LogP contribution in [-0.2, 0) is 0 Å². The van der Waals surface area contributed by atoms with E-state index in [4.69, 9.17) is 0 Å². The van der Waals surface area contributed by atoms with Gasteiger partial charge in [0, 0.05) is 6.21 Å². The fourth-order valence-electron chi connectivity index (χ4n) is 0.232. The average molecular weight is 222 g/mol. The third kappa shape index (κ3) is 3.98. The molecule has 0 aromatic heterocycles. The molecule has 0 saturated carbocycles. The summed E-state index contributed by atoms with van der Waals surface area (Å²) >= 11 is 2.07. The van der Waals surface area contributed by atoms with Crippen molar-refractivity contribution in [3.63, 3.8) is 0 Å². The van der Waals surface area contributed by atoms with Gasteiger partial charge in [0.05, 0.1) is 6.20 Å². The van der Waals surface area contributed by atoms with Crippen molar-refractivity contribution in [1.82, 2.24) is 0 Å². The van der Waals surface area contributed by atoms with Gasteiger partial charge < -0.3 is 0 Å². The Hall–Kier alpha value is -0.190. The van der Waals surface area contributed by atoms with Crippen molar-refractivity contribution in [2.45, 2.75) is 6.92 Å². The Labute approximate surface area is 62.6 Å².